The molecule has 25 heavy (non-hydrogen) atoms. The summed E-state index contributed by atoms with van der Waals surface area (Å²) < 4.78 is 5.96. The fourth-order valence-electron chi connectivity index (χ4n) is 3.61. The quantitative estimate of drug-likeness (QED) is 0.715. The van der Waals surface area contributed by atoms with E-state index in [1.165, 1.54) is 0 Å². The standard InChI is InChI=1S/C18H24BrN3O3/c1-3-12(2)15-11-25-18(24)22(15)13-7-9-21(10-8-13)17(23)14-5-4-6-16(19)20-14/h4-6,12-13,15H,3,7-11H2,1-2H3/t12-,15-/m0/s1. The molecule has 2 aliphatic heterocycles. The molecule has 7 heteroatoms. The van der Waals surface area contributed by atoms with Crippen LogP contribution in [-0.4, -0.2) is 58.6 Å². The second kappa shape index (κ2) is 7.72. The van der Waals surface area contributed by atoms with Crippen molar-refractivity contribution in [3.8, 4) is 0 Å². The smallest absolute Gasteiger partial charge is 0.410 e. The number of carbonyl (C=O) groups excluding carboxylic acids is 2. The molecule has 2 atom stereocenters. The molecule has 136 valence electrons. The summed E-state index contributed by atoms with van der Waals surface area (Å²) in [4.78, 5) is 32.8. The molecule has 0 bridgehead atoms. The number of amides is 2. The minimum absolute atomic E-state index is 0.0535. The molecule has 3 heterocycles. The van der Waals surface area contributed by atoms with Gasteiger partial charge in [0.25, 0.3) is 5.91 Å². The summed E-state index contributed by atoms with van der Waals surface area (Å²) in [6, 6.07) is 5.64. The number of rotatable bonds is 4. The van der Waals surface area contributed by atoms with Gasteiger partial charge in [0.2, 0.25) is 0 Å². The van der Waals surface area contributed by atoms with Crippen LogP contribution >= 0.6 is 15.9 Å². The monoisotopic (exact) mass is 409 g/mol. The van der Waals surface area contributed by atoms with E-state index in [2.05, 4.69) is 34.8 Å². The number of likely N-dealkylation sites (tertiary alicyclic amines) is 1. The van der Waals surface area contributed by atoms with Crippen LogP contribution in [0.1, 0.15) is 43.6 Å². The van der Waals surface area contributed by atoms with Gasteiger partial charge in [-0.1, -0.05) is 26.3 Å². The molecule has 0 aliphatic carbocycles. The number of ether oxygens (including phenoxy) is 1. The Hall–Kier alpha value is -1.63. The zero-order valence-corrected chi connectivity index (χ0v) is 16.2. The lowest BCUT2D eigenvalue weighted by atomic mass is 9.95. The first-order chi connectivity index (χ1) is 12.0. The Morgan fingerprint density at radius 3 is 2.76 bits per heavy atom. The van der Waals surface area contributed by atoms with E-state index in [4.69, 9.17) is 4.74 Å². The van der Waals surface area contributed by atoms with Gasteiger partial charge in [-0.25, -0.2) is 9.78 Å². The fraction of sp³-hybridized carbons (Fsp3) is 0.611. The van der Waals surface area contributed by atoms with E-state index in [1.54, 1.807) is 12.1 Å². The Kier molecular flexibility index (Phi) is 5.61. The van der Waals surface area contributed by atoms with Crippen molar-refractivity contribution in [2.45, 2.75) is 45.2 Å². The molecule has 1 aromatic heterocycles. The van der Waals surface area contributed by atoms with Crippen molar-refractivity contribution in [1.82, 2.24) is 14.8 Å². The highest BCUT2D eigenvalue weighted by atomic mass is 79.9. The lowest BCUT2D eigenvalue weighted by molar-refractivity contribution is 0.0609. The highest BCUT2D eigenvalue weighted by molar-refractivity contribution is 9.10. The minimum atomic E-state index is -0.205. The molecule has 0 radical (unpaired) electrons. The Morgan fingerprint density at radius 2 is 2.12 bits per heavy atom. The molecular formula is C18H24BrN3O3. The van der Waals surface area contributed by atoms with Crippen molar-refractivity contribution >= 4 is 27.9 Å². The molecule has 0 aromatic carbocycles. The van der Waals surface area contributed by atoms with E-state index in [9.17, 15) is 9.59 Å². The third-order valence-corrected chi connectivity index (χ3v) is 5.77. The number of hydrogen-bond donors (Lipinski definition) is 0. The Bertz CT molecular complexity index is 646. The van der Waals surface area contributed by atoms with E-state index < -0.39 is 0 Å². The van der Waals surface area contributed by atoms with Gasteiger partial charge in [-0.3, -0.25) is 9.69 Å². The van der Waals surface area contributed by atoms with Crippen molar-refractivity contribution in [3.05, 3.63) is 28.5 Å². The summed E-state index contributed by atoms with van der Waals surface area (Å²) in [7, 11) is 0. The molecule has 1 aromatic rings. The zero-order valence-electron chi connectivity index (χ0n) is 14.7. The number of cyclic esters (lactones) is 1. The van der Waals surface area contributed by atoms with Gasteiger partial charge in [0, 0.05) is 19.1 Å². The van der Waals surface area contributed by atoms with Crippen molar-refractivity contribution in [3.63, 3.8) is 0 Å². The first kappa shape index (κ1) is 18.2. The molecule has 2 fully saturated rings. The van der Waals surface area contributed by atoms with E-state index in [1.807, 2.05) is 15.9 Å². The number of piperidine rings is 1. The molecule has 0 unspecified atom stereocenters. The average Bonchev–Trinajstić information content (AvgIpc) is 3.02. The van der Waals surface area contributed by atoms with Gasteiger partial charge in [-0.15, -0.1) is 0 Å². The van der Waals surface area contributed by atoms with Gasteiger partial charge >= 0.3 is 6.09 Å². The number of halogens is 1. The van der Waals surface area contributed by atoms with Crippen LogP contribution in [-0.2, 0) is 4.74 Å². The van der Waals surface area contributed by atoms with Gasteiger partial charge in [0.1, 0.15) is 16.9 Å². The van der Waals surface area contributed by atoms with E-state index in [0.717, 1.165) is 19.3 Å². The fourth-order valence-corrected chi connectivity index (χ4v) is 3.96. The molecule has 2 amide bonds. The number of hydrogen-bond acceptors (Lipinski definition) is 4. The molecule has 0 spiro atoms. The van der Waals surface area contributed by atoms with Crippen LogP contribution in [0.25, 0.3) is 0 Å². The molecular weight excluding hydrogens is 386 g/mol. The van der Waals surface area contributed by atoms with Gasteiger partial charge in [-0.2, -0.15) is 0 Å². The summed E-state index contributed by atoms with van der Waals surface area (Å²) in [5.74, 6) is 0.360. The van der Waals surface area contributed by atoms with Gasteiger partial charge in [0.15, 0.2) is 0 Å². The third kappa shape index (κ3) is 3.81. The van der Waals surface area contributed by atoms with Crippen LogP contribution in [0.15, 0.2) is 22.8 Å². The van der Waals surface area contributed by atoms with Crippen LogP contribution in [0.4, 0.5) is 4.79 Å². The summed E-state index contributed by atoms with van der Waals surface area (Å²) >= 11 is 3.30. The number of nitrogens with zero attached hydrogens (tertiary/aromatic N) is 3. The Labute approximate surface area is 156 Å². The highest BCUT2D eigenvalue weighted by Gasteiger charge is 2.41. The number of aromatic nitrogens is 1. The maximum Gasteiger partial charge on any atom is 0.410 e. The molecule has 6 nitrogen and oxygen atoms in total. The van der Waals surface area contributed by atoms with Crippen LogP contribution in [0.5, 0.6) is 0 Å². The van der Waals surface area contributed by atoms with Gasteiger partial charge in [0.05, 0.1) is 6.04 Å². The first-order valence-corrected chi connectivity index (χ1v) is 9.67. The summed E-state index contributed by atoms with van der Waals surface area (Å²) in [6.07, 6.45) is 2.37. The number of carbonyl (C=O) groups is 2. The summed E-state index contributed by atoms with van der Waals surface area (Å²) in [5.41, 5.74) is 0.450. The van der Waals surface area contributed by atoms with Crippen molar-refractivity contribution in [2.75, 3.05) is 19.7 Å². The Morgan fingerprint density at radius 1 is 1.40 bits per heavy atom. The van der Waals surface area contributed by atoms with Crippen molar-refractivity contribution < 1.29 is 14.3 Å². The maximum atomic E-state index is 12.6. The van der Waals surface area contributed by atoms with Crippen molar-refractivity contribution in [2.24, 2.45) is 5.92 Å². The summed E-state index contributed by atoms with van der Waals surface area (Å²) in [5, 5.41) is 0. The normalized spacial score (nSPS) is 22.8. The average molecular weight is 410 g/mol. The SMILES string of the molecule is CC[C@H](C)[C@@H]1COC(=O)N1C1CCN(C(=O)c2cccc(Br)n2)CC1. The lowest BCUT2D eigenvalue weighted by Crippen LogP contribution is -2.51. The number of pyridine rings is 1. The predicted molar refractivity (Wildman–Crippen MR) is 97.3 cm³/mol. The molecule has 2 aliphatic rings. The second-order valence-electron chi connectivity index (χ2n) is 6.81. The zero-order chi connectivity index (χ0) is 18.0. The van der Waals surface area contributed by atoms with Crippen LogP contribution in [0.2, 0.25) is 0 Å². The lowest BCUT2D eigenvalue weighted by Gasteiger charge is -2.39. The molecule has 0 N–H and O–H groups in total. The minimum Gasteiger partial charge on any atom is -0.447 e. The van der Waals surface area contributed by atoms with Gasteiger partial charge in [-0.05, 0) is 46.8 Å². The molecule has 0 saturated carbocycles. The van der Waals surface area contributed by atoms with E-state index in [0.29, 0.717) is 35.9 Å². The van der Waals surface area contributed by atoms with Crippen LogP contribution in [0.3, 0.4) is 0 Å². The van der Waals surface area contributed by atoms with Gasteiger partial charge < -0.3 is 9.64 Å². The van der Waals surface area contributed by atoms with E-state index >= 15 is 0 Å². The highest BCUT2D eigenvalue weighted by Crippen LogP contribution is 2.29. The molecule has 2 saturated heterocycles. The topological polar surface area (TPSA) is 62.7 Å². The maximum absolute atomic E-state index is 12.6. The third-order valence-electron chi connectivity index (χ3n) is 5.33. The molecule has 3 rings (SSSR count). The van der Waals surface area contributed by atoms with Crippen molar-refractivity contribution in [1.29, 1.82) is 0 Å². The van der Waals surface area contributed by atoms with Crippen LogP contribution in [0, 0.1) is 5.92 Å². The largest absolute Gasteiger partial charge is 0.447 e. The van der Waals surface area contributed by atoms with Crippen LogP contribution < -0.4 is 0 Å². The predicted octanol–water partition coefficient (Wildman–Crippen LogP) is 3.32. The first-order valence-electron chi connectivity index (χ1n) is 8.88. The summed E-state index contributed by atoms with van der Waals surface area (Å²) in [6.45, 7) is 6.05. The second-order valence-corrected chi connectivity index (χ2v) is 7.62. The van der Waals surface area contributed by atoms with E-state index in [-0.39, 0.29) is 24.1 Å². The Balaban J connectivity index is 1.63.